The van der Waals surface area contributed by atoms with Crippen molar-refractivity contribution in [3.63, 3.8) is 0 Å². The molecular weight excluding hydrogens is 285 g/mol. The second-order valence-electron chi connectivity index (χ2n) is 2.81. The van der Waals surface area contributed by atoms with Crippen LogP contribution < -0.4 is 17.1 Å². The van der Waals surface area contributed by atoms with Crippen LogP contribution in [0.1, 0.15) is 0 Å². The van der Waals surface area contributed by atoms with Crippen LogP contribution in [0.2, 0.25) is 0 Å². The third-order valence-electron chi connectivity index (χ3n) is 1.72. The van der Waals surface area contributed by atoms with Gasteiger partial charge in [-0.3, -0.25) is 13.9 Å². The second-order valence-corrected chi connectivity index (χ2v) is 2.81. The van der Waals surface area contributed by atoms with Gasteiger partial charge in [-0.05, 0) is 0 Å². The second kappa shape index (κ2) is 8.02. The summed E-state index contributed by atoms with van der Waals surface area (Å²) in [5, 5.41) is 0. The molecule has 0 spiro atoms. The molecule has 0 atom stereocenters. The van der Waals surface area contributed by atoms with Crippen LogP contribution in [0.15, 0.2) is 33.6 Å². The van der Waals surface area contributed by atoms with E-state index >= 15 is 0 Å². The van der Waals surface area contributed by atoms with E-state index < -0.39 is 17.1 Å². The summed E-state index contributed by atoms with van der Waals surface area (Å²) in [7, 11) is 1.80. The lowest BCUT2D eigenvalue weighted by Gasteiger charge is -2.02. The van der Waals surface area contributed by atoms with Gasteiger partial charge in [0.2, 0.25) is 18.2 Å². The molecule has 0 N–H and O–H groups in total. The predicted molar refractivity (Wildman–Crippen MR) is 65.2 cm³/mol. The minimum Gasteiger partial charge on any atom is -0.378 e. The first-order valence-electron chi connectivity index (χ1n) is 4.77. The first-order valence-corrected chi connectivity index (χ1v) is 4.77. The van der Waals surface area contributed by atoms with E-state index in [2.05, 4.69) is 24.0 Å². The van der Waals surface area contributed by atoms with Crippen LogP contribution >= 0.6 is 0 Å². The molecule has 0 saturated heterocycles. The quantitative estimate of drug-likeness (QED) is 0.293. The van der Waals surface area contributed by atoms with Crippen LogP contribution in [0.4, 0.5) is 0 Å². The van der Waals surface area contributed by atoms with E-state index in [1.54, 1.807) is 0 Å². The zero-order valence-corrected chi connectivity index (χ0v) is 9.86. The maximum absolute atomic E-state index is 11.9. The van der Waals surface area contributed by atoms with Crippen LogP contribution in [-0.4, -0.2) is 49.8 Å². The SMILES string of the molecule is O=C=N[B]N=c1oc(=O)n([B]N=C=O)c(=O)n1[B]N=C=O. The van der Waals surface area contributed by atoms with Crippen molar-refractivity contribution in [2.75, 3.05) is 0 Å². The molecule has 12 nitrogen and oxygen atoms in total. The van der Waals surface area contributed by atoms with Gasteiger partial charge in [0.1, 0.15) is 0 Å². The minimum atomic E-state index is -1.25. The van der Waals surface area contributed by atoms with Crippen molar-refractivity contribution in [1.82, 2.24) is 8.96 Å². The number of rotatable bonds is 6. The van der Waals surface area contributed by atoms with Gasteiger partial charge in [0, 0.05) is 0 Å². The molecule has 0 aliphatic rings. The maximum Gasteiger partial charge on any atom is 0.451 e. The topological polar surface area (TPSA) is 158 Å². The standard InChI is InChI=1S/C6B3N6O6/c16-1-10-7-13-4-14(8-11-2-17)5(19)15(6(20)21-4)9-12-3-18. The van der Waals surface area contributed by atoms with Gasteiger partial charge in [-0.15, -0.1) is 0 Å². The molecule has 99 valence electrons. The fourth-order valence-corrected chi connectivity index (χ4v) is 1.00. The summed E-state index contributed by atoms with van der Waals surface area (Å²) in [5.74, 6) is -1.25. The zero-order chi connectivity index (χ0) is 15.7. The van der Waals surface area contributed by atoms with Gasteiger partial charge >= 0.3 is 34.1 Å². The van der Waals surface area contributed by atoms with Crippen LogP contribution in [0.3, 0.4) is 0 Å². The van der Waals surface area contributed by atoms with E-state index in [-0.39, 0.29) is 4.48 Å². The highest BCUT2D eigenvalue weighted by Crippen LogP contribution is 1.71. The molecule has 0 aliphatic heterocycles. The Morgan fingerprint density at radius 1 is 0.905 bits per heavy atom. The van der Waals surface area contributed by atoms with E-state index in [9.17, 15) is 24.0 Å². The summed E-state index contributed by atoms with van der Waals surface area (Å²) in [6, 6.07) is 0. The van der Waals surface area contributed by atoms with E-state index in [1.807, 2.05) is 0 Å². The molecule has 15 heteroatoms. The molecule has 0 bridgehead atoms. The summed E-state index contributed by atoms with van der Waals surface area (Å²) in [6.45, 7) is 0. The fourth-order valence-electron chi connectivity index (χ4n) is 1.00. The Balaban J connectivity index is 3.58. The Morgan fingerprint density at radius 3 is 2.05 bits per heavy atom. The first kappa shape index (κ1) is 15.8. The Hall–Kier alpha value is -3.26. The monoisotopic (exact) mass is 285 g/mol. The van der Waals surface area contributed by atoms with E-state index in [1.165, 1.54) is 0 Å². The summed E-state index contributed by atoms with van der Waals surface area (Å²) in [6.07, 6.45) is 3.31. The molecule has 0 fully saturated rings. The molecular formula is C6B3N6O6. The van der Waals surface area contributed by atoms with Crippen LogP contribution in [0, 0.1) is 0 Å². The number of nitrogens with zero attached hydrogens (tertiary/aromatic N) is 6. The van der Waals surface area contributed by atoms with Crippen molar-refractivity contribution < 1.29 is 18.8 Å². The zero-order valence-electron chi connectivity index (χ0n) is 9.86. The van der Waals surface area contributed by atoms with Crippen molar-refractivity contribution in [1.29, 1.82) is 0 Å². The largest absolute Gasteiger partial charge is 0.451 e. The van der Waals surface area contributed by atoms with Crippen molar-refractivity contribution in [3.05, 3.63) is 26.7 Å². The van der Waals surface area contributed by atoms with Crippen molar-refractivity contribution >= 4 is 40.9 Å². The number of isocyanates is 3. The Bertz CT molecular complexity index is 849. The summed E-state index contributed by atoms with van der Waals surface area (Å²) >= 11 is 0. The van der Waals surface area contributed by atoms with Gasteiger partial charge in [-0.1, -0.05) is 0 Å². The van der Waals surface area contributed by atoms with E-state index in [0.717, 1.165) is 18.2 Å². The minimum absolute atomic E-state index is 0.281. The lowest BCUT2D eigenvalue weighted by Crippen LogP contribution is -2.50. The normalized spacial score (nSPS) is 9.62. The van der Waals surface area contributed by atoms with Gasteiger partial charge in [0.05, 0.1) is 0 Å². The van der Waals surface area contributed by atoms with Gasteiger partial charge in [-0.2, -0.15) is 0 Å². The summed E-state index contributed by atoms with van der Waals surface area (Å²) < 4.78 is 5.38. The van der Waals surface area contributed by atoms with Crippen LogP contribution in [-0.2, 0) is 14.4 Å². The van der Waals surface area contributed by atoms with Crippen LogP contribution in [0.5, 0.6) is 0 Å². The fraction of sp³-hybridized carbons (Fsp3) is 0. The average Bonchev–Trinajstić information content (AvgIpc) is 2.47. The Labute approximate surface area is 116 Å². The van der Waals surface area contributed by atoms with Gasteiger partial charge in [0.15, 0.2) is 0 Å². The highest BCUT2D eigenvalue weighted by atomic mass is 16.4. The molecule has 21 heavy (non-hydrogen) atoms. The molecule has 0 saturated carbocycles. The number of hydrogen-bond acceptors (Lipinski definition) is 10. The Kier molecular flexibility index (Phi) is 6.04. The molecule has 0 amide bonds. The molecule has 1 rings (SSSR count). The van der Waals surface area contributed by atoms with Crippen LogP contribution in [0.25, 0.3) is 0 Å². The third kappa shape index (κ3) is 4.11. The van der Waals surface area contributed by atoms with Crippen molar-refractivity contribution in [2.24, 2.45) is 19.6 Å². The van der Waals surface area contributed by atoms with Gasteiger partial charge in [-0.25, -0.2) is 38.7 Å². The molecule has 0 aromatic carbocycles. The number of aromatic nitrogens is 2. The maximum atomic E-state index is 11.9. The highest BCUT2D eigenvalue weighted by Gasteiger charge is 2.12. The summed E-state index contributed by atoms with van der Waals surface area (Å²) in [5.41, 5.74) is -1.77. The molecule has 1 aromatic rings. The lowest BCUT2D eigenvalue weighted by molar-refractivity contribution is 0.385. The molecule has 0 unspecified atom stereocenters. The summed E-state index contributed by atoms with van der Waals surface area (Å²) in [4.78, 5) is 65.5. The highest BCUT2D eigenvalue weighted by molar-refractivity contribution is 6.34. The smallest absolute Gasteiger partial charge is 0.378 e. The molecule has 0 aliphatic carbocycles. The lowest BCUT2D eigenvalue weighted by atomic mass is 10.2. The molecule has 1 heterocycles. The van der Waals surface area contributed by atoms with E-state index in [4.69, 9.17) is 0 Å². The number of carbonyl (C=O) groups excluding carboxylic acids is 3. The third-order valence-corrected chi connectivity index (χ3v) is 1.72. The van der Waals surface area contributed by atoms with Crippen molar-refractivity contribution in [2.45, 2.75) is 0 Å². The van der Waals surface area contributed by atoms with E-state index in [0.29, 0.717) is 27.1 Å². The van der Waals surface area contributed by atoms with Gasteiger partial charge in [0.25, 0.3) is 5.68 Å². The van der Waals surface area contributed by atoms with Crippen molar-refractivity contribution in [3.8, 4) is 0 Å². The Morgan fingerprint density at radius 2 is 1.48 bits per heavy atom. The first-order chi connectivity index (χ1) is 10.2. The molecule has 3 radical (unpaired) electrons. The number of hydrogen-bond donors (Lipinski definition) is 0. The van der Waals surface area contributed by atoms with Gasteiger partial charge < -0.3 is 4.42 Å². The average molecular weight is 285 g/mol. The molecule has 1 aromatic heterocycles. The predicted octanol–water partition coefficient (Wildman–Crippen LogP) is -4.19.